The Morgan fingerprint density at radius 2 is 2.00 bits per heavy atom. The summed E-state index contributed by atoms with van der Waals surface area (Å²) in [6.45, 7) is 0. The molecule has 74 valence electrons. The molecule has 6 heteroatoms. The van der Waals surface area contributed by atoms with Crippen LogP contribution in [-0.2, 0) is 0 Å². The van der Waals surface area contributed by atoms with Crippen molar-refractivity contribution in [3.05, 3.63) is 28.2 Å². The van der Waals surface area contributed by atoms with E-state index >= 15 is 0 Å². The van der Waals surface area contributed by atoms with Gasteiger partial charge in [0.1, 0.15) is 11.8 Å². The molecule has 14 heavy (non-hydrogen) atoms. The van der Waals surface area contributed by atoms with E-state index < -0.39 is 12.1 Å². The van der Waals surface area contributed by atoms with Crippen LogP contribution >= 0.6 is 15.9 Å². The summed E-state index contributed by atoms with van der Waals surface area (Å²) in [5.41, 5.74) is 0.0896. The molecule has 0 aromatic heterocycles. The van der Waals surface area contributed by atoms with E-state index in [1.54, 1.807) is 6.07 Å². The Hall–Kier alpha value is -1.22. The lowest BCUT2D eigenvalue weighted by Crippen LogP contribution is -2.17. The first-order valence-electron chi connectivity index (χ1n) is 3.38. The third-order valence-electron chi connectivity index (χ3n) is 1.29. The van der Waals surface area contributed by atoms with Crippen LogP contribution < -0.4 is 4.74 Å². The van der Waals surface area contributed by atoms with Crippen LogP contribution in [0.2, 0.25) is 0 Å². The van der Waals surface area contributed by atoms with Crippen molar-refractivity contribution in [2.24, 2.45) is 0 Å². The second-order valence-corrected chi connectivity index (χ2v) is 3.16. The van der Waals surface area contributed by atoms with Gasteiger partial charge in [0, 0.05) is 4.47 Å². The van der Waals surface area contributed by atoms with E-state index in [2.05, 4.69) is 20.7 Å². The van der Waals surface area contributed by atoms with Gasteiger partial charge in [0.15, 0.2) is 0 Å². The zero-order valence-electron chi connectivity index (χ0n) is 6.60. The molecule has 0 aliphatic heterocycles. The van der Waals surface area contributed by atoms with Crippen molar-refractivity contribution in [1.29, 1.82) is 5.26 Å². The van der Waals surface area contributed by atoms with Crippen molar-refractivity contribution in [3.8, 4) is 11.8 Å². The number of halogens is 4. The van der Waals surface area contributed by atoms with E-state index in [0.29, 0.717) is 4.47 Å². The van der Waals surface area contributed by atoms with Gasteiger partial charge in [-0.05, 0) is 34.1 Å². The van der Waals surface area contributed by atoms with Crippen LogP contribution in [0, 0.1) is 11.3 Å². The van der Waals surface area contributed by atoms with Crippen molar-refractivity contribution in [2.75, 3.05) is 0 Å². The molecule has 0 aliphatic rings. The fourth-order valence-corrected chi connectivity index (χ4v) is 1.12. The van der Waals surface area contributed by atoms with Crippen LogP contribution in [0.5, 0.6) is 5.75 Å². The molecule has 0 atom stereocenters. The predicted molar refractivity (Wildman–Crippen MR) is 45.5 cm³/mol. The van der Waals surface area contributed by atoms with Gasteiger partial charge in [-0.1, -0.05) is 0 Å². The number of ether oxygens (including phenoxy) is 1. The summed E-state index contributed by atoms with van der Waals surface area (Å²) in [5.74, 6) is -0.405. The van der Waals surface area contributed by atoms with Crippen molar-refractivity contribution in [2.45, 2.75) is 6.36 Å². The molecule has 0 bridgehead atoms. The Morgan fingerprint density at radius 1 is 1.36 bits per heavy atom. The van der Waals surface area contributed by atoms with Crippen molar-refractivity contribution >= 4 is 15.9 Å². The van der Waals surface area contributed by atoms with Crippen molar-refractivity contribution in [1.82, 2.24) is 0 Å². The quantitative estimate of drug-likeness (QED) is 0.781. The summed E-state index contributed by atoms with van der Waals surface area (Å²) in [6, 6.07) is 5.18. The van der Waals surface area contributed by atoms with Crippen LogP contribution in [0.3, 0.4) is 0 Å². The second kappa shape index (κ2) is 3.88. The largest absolute Gasteiger partial charge is 0.573 e. The average molecular weight is 266 g/mol. The van der Waals surface area contributed by atoms with Crippen molar-refractivity contribution < 1.29 is 17.9 Å². The van der Waals surface area contributed by atoms with Gasteiger partial charge in [-0.15, -0.1) is 13.2 Å². The molecule has 1 rings (SSSR count). The van der Waals surface area contributed by atoms with Crippen LogP contribution in [0.15, 0.2) is 22.7 Å². The van der Waals surface area contributed by atoms with Gasteiger partial charge in [0.25, 0.3) is 0 Å². The Bertz CT molecular complexity index is 383. The molecule has 0 fully saturated rings. The molecule has 2 nitrogen and oxygen atoms in total. The summed E-state index contributed by atoms with van der Waals surface area (Å²) in [7, 11) is 0. The number of benzene rings is 1. The number of rotatable bonds is 1. The first-order chi connectivity index (χ1) is 6.42. The Balaban J connectivity index is 2.97. The zero-order chi connectivity index (χ0) is 10.8. The average Bonchev–Trinajstić information content (AvgIpc) is 2.06. The zero-order valence-corrected chi connectivity index (χ0v) is 8.19. The standard InChI is InChI=1S/C8H3BrF3NO/c9-7-2-1-6(3-5(7)4-13)14-8(10,11)12/h1-3H. The maximum Gasteiger partial charge on any atom is 0.573 e. The molecule has 0 spiro atoms. The lowest BCUT2D eigenvalue weighted by Gasteiger charge is -2.08. The van der Waals surface area contributed by atoms with Gasteiger partial charge in [-0.3, -0.25) is 0 Å². The monoisotopic (exact) mass is 265 g/mol. The third kappa shape index (κ3) is 2.92. The number of nitrogens with zero attached hydrogens (tertiary/aromatic N) is 1. The van der Waals surface area contributed by atoms with Gasteiger partial charge < -0.3 is 4.74 Å². The fraction of sp³-hybridized carbons (Fsp3) is 0.125. The number of hydrogen-bond acceptors (Lipinski definition) is 2. The Morgan fingerprint density at radius 3 is 2.50 bits per heavy atom. The minimum absolute atomic E-state index is 0.0896. The van der Waals surface area contributed by atoms with Crippen LogP contribution in [0.25, 0.3) is 0 Å². The topological polar surface area (TPSA) is 33.0 Å². The summed E-state index contributed by atoms with van der Waals surface area (Å²) in [6.07, 6.45) is -4.74. The summed E-state index contributed by atoms with van der Waals surface area (Å²) in [5, 5.41) is 8.52. The maximum atomic E-state index is 11.8. The lowest BCUT2D eigenvalue weighted by molar-refractivity contribution is -0.274. The minimum atomic E-state index is -4.74. The summed E-state index contributed by atoms with van der Waals surface area (Å²) in [4.78, 5) is 0. The summed E-state index contributed by atoms with van der Waals surface area (Å²) < 4.78 is 39.3. The molecule has 0 radical (unpaired) electrons. The van der Waals surface area contributed by atoms with Crippen LogP contribution in [-0.4, -0.2) is 6.36 Å². The van der Waals surface area contributed by atoms with E-state index in [9.17, 15) is 13.2 Å². The smallest absolute Gasteiger partial charge is 0.406 e. The van der Waals surface area contributed by atoms with Gasteiger partial charge in [-0.25, -0.2) is 0 Å². The highest BCUT2D eigenvalue weighted by Crippen LogP contribution is 2.26. The van der Waals surface area contributed by atoms with Crippen LogP contribution in [0.1, 0.15) is 5.56 Å². The molecule has 0 amide bonds. The molecular weight excluding hydrogens is 263 g/mol. The Kier molecular flexibility index (Phi) is 3.01. The molecule has 1 aromatic rings. The van der Waals surface area contributed by atoms with E-state index in [-0.39, 0.29) is 5.56 Å². The number of nitriles is 1. The van der Waals surface area contributed by atoms with E-state index in [1.807, 2.05) is 0 Å². The SMILES string of the molecule is N#Cc1cc(OC(F)(F)F)ccc1Br. The van der Waals surface area contributed by atoms with Gasteiger partial charge in [-0.2, -0.15) is 5.26 Å². The van der Waals surface area contributed by atoms with Crippen LogP contribution in [0.4, 0.5) is 13.2 Å². The Labute approximate surface area is 86.0 Å². The molecule has 0 heterocycles. The molecule has 0 N–H and O–H groups in total. The molecule has 0 aliphatic carbocycles. The van der Waals surface area contributed by atoms with Gasteiger partial charge in [0.2, 0.25) is 0 Å². The highest BCUT2D eigenvalue weighted by molar-refractivity contribution is 9.10. The lowest BCUT2D eigenvalue weighted by atomic mass is 10.2. The highest BCUT2D eigenvalue weighted by atomic mass is 79.9. The third-order valence-corrected chi connectivity index (χ3v) is 1.98. The molecule has 0 unspecified atom stereocenters. The molecular formula is C8H3BrF3NO. The van der Waals surface area contributed by atoms with E-state index in [1.165, 1.54) is 6.07 Å². The predicted octanol–water partition coefficient (Wildman–Crippen LogP) is 3.22. The first-order valence-corrected chi connectivity index (χ1v) is 4.17. The fourth-order valence-electron chi connectivity index (χ4n) is 0.787. The summed E-state index contributed by atoms with van der Waals surface area (Å²) >= 11 is 3.01. The maximum absolute atomic E-state index is 11.8. The van der Waals surface area contributed by atoms with E-state index in [4.69, 9.17) is 5.26 Å². The molecule has 1 aromatic carbocycles. The second-order valence-electron chi connectivity index (χ2n) is 2.30. The highest BCUT2D eigenvalue weighted by Gasteiger charge is 2.31. The minimum Gasteiger partial charge on any atom is -0.406 e. The molecule has 0 saturated heterocycles. The normalized spacial score (nSPS) is 10.8. The number of hydrogen-bond donors (Lipinski definition) is 0. The molecule has 0 saturated carbocycles. The van der Waals surface area contributed by atoms with Gasteiger partial charge >= 0.3 is 6.36 Å². The number of alkyl halides is 3. The van der Waals surface area contributed by atoms with Gasteiger partial charge in [0.05, 0.1) is 5.56 Å². The first kappa shape index (κ1) is 10.9. The van der Waals surface area contributed by atoms with Crippen molar-refractivity contribution in [3.63, 3.8) is 0 Å². The van der Waals surface area contributed by atoms with E-state index in [0.717, 1.165) is 12.1 Å².